The predicted octanol–water partition coefficient (Wildman–Crippen LogP) is 10.7. The summed E-state index contributed by atoms with van der Waals surface area (Å²) in [5.41, 5.74) is 14.6. The Labute approximate surface area is 250 Å². The Kier molecular flexibility index (Phi) is 9.42. The summed E-state index contributed by atoms with van der Waals surface area (Å²) in [6, 6.07) is 0.681. The van der Waals surface area contributed by atoms with Crippen molar-refractivity contribution in [1.82, 2.24) is 5.32 Å². The van der Waals surface area contributed by atoms with E-state index in [4.69, 9.17) is 0 Å². The third kappa shape index (κ3) is 6.56. The van der Waals surface area contributed by atoms with Gasteiger partial charge in [0.25, 0.3) is 0 Å². The van der Waals surface area contributed by atoms with Gasteiger partial charge in [-0.05, 0) is 148 Å². The Morgan fingerprint density at radius 2 is 1.88 bits per heavy atom. The summed E-state index contributed by atoms with van der Waals surface area (Å²) in [6.45, 7) is 5.83. The van der Waals surface area contributed by atoms with Gasteiger partial charge in [-0.1, -0.05) is 84.9 Å². The molecule has 1 saturated heterocycles. The zero-order valence-electron chi connectivity index (χ0n) is 25.7. The Morgan fingerprint density at radius 3 is 2.66 bits per heavy atom. The molecule has 0 saturated carbocycles. The van der Waals surface area contributed by atoms with Gasteiger partial charge in [-0.15, -0.1) is 0 Å². The smallest absolute Gasteiger partial charge is 0.0108 e. The second-order valence-electron chi connectivity index (χ2n) is 13.1. The average Bonchev–Trinajstić information content (AvgIpc) is 3.54. The summed E-state index contributed by atoms with van der Waals surface area (Å²) in [5.74, 6) is 1.23. The van der Waals surface area contributed by atoms with Crippen LogP contribution in [0.4, 0.5) is 0 Å². The molecule has 1 nitrogen and oxygen atoms in total. The van der Waals surface area contributed by atoms with Crippen molar-refractivity contribution in [2.24, 2.45) is 11.8 Å². The molecule has 0 bridgehead atoms. The number of fused-ring (bicyclic) bond motifs is 1. The molecule has 0 aromatic heterocycles. The maximum Gasteiger partial charge on any atom is 0.0108 e. The van der Waals surface area contributed by atoms with E-state index < -0.39 is 0 Å². The van der Waals surface area contributed by atoms with Crippen LogP contribution in [-0.2, 0) is 0 Å². The standard InChI is InChI=1S/C40H51N/c1-3-4-17-36(29(2)31-13-6-5-7-14-31)32-20-22-33(23-21-32)37-24-25-38(40-19-9-8-18-39(37)40)34-15-10-12-30(27-34)28-35-16-11-26-41-35/h4-6,9-10,12-13,17,19,22,27,32,34-35,41H,3,7-8,11,14-16,18,20-21,23-26,28H2,1-2H3/b17-4-,36-29-. The first-order chi connectivity index (χ1) is 20.2. The number of allylic oxidation sites excluding steroid dienone is 19. The van der Waals surface area contributed by atoms with Crippen LogP contribution < -0.4 is 5.32 Å². The largest absolute Gasteiger partial charge is 0.314 e. The molecule has 3 unspecified atom stereocenters. The van der Waals surface area contributed by atoms with Crippen LogP contribution in [0.15, 0.2) is 117 Å². The monoisotopic (exact) mass is 545 g/mol. The van der Waals surface area contributed by atoms with Crippen molar-refractivity contribution in [1.29, 1.82) is 0 Å². The second-order valence-corrected chi connectivity index (χ2v) is 13.1. The van der Waals surface area contributed by atoms with Gasteiger partial charge in [0.1, 0.15) is 0 Å². The SMILES string of the molecule is CC/C=C\C(=C(/C)C1=CC=CCC1)C1CC=C(C2=C3CCC=CC3=C(C3C=C(CC4CCCN4)C=CC3)CC2)CC1. The maximum absolute atomic E-state index is 3.70. The van der Waals surface area contributed by atoms with Crippen LogP contribution in [0.2, 0.25) is 0 Å². The van der Waals surface area contributed by atoms with E-state index in [1.807, 2.05) is 0 Å². The minimum absolute atomic E-state index is 0.584. The van der Waals surface area contributed by atoms with Gasteiger partial charge >= 0.3 is 0 Å². The molecule has 0 aromatic carbocycles. The van der Waals surface area contributed by atoms with Crippen molar-refractivity contribution in [2.45, 2.75) is 110 Å². The number of rotatable bonds is 8. The van der Waals surface area contributed by atoms with Crippen molar-refractivity contribution in [3.05, 3.63) is 117 Å². The summed E-state index contributed by atoms with van der Waals surface area (Å²) in [6.07, 6.45) is 43.9. The lowest BCUT2D eigenvalue weighted by molar-refractivity contribution is 0.542. The van der Waals surface area contributed by atoms with Crippen molar-refractivity contribution in [3.63, 3.8) is 0 Å². The van der Waals surface area contributed by atoms with E-state index in [1.165, 1.54) is 95.6 Å². The third-order valence-corrected chi connectivity index (χ3v) is 10.5. The molecule has 6 aliphatic rings. The molecule has 1 aliphatic heterocycles. The molecule has 0 spiro atoms. The highest BCUT2D eigenvalue weighted by Crippen LogP contribution is 2.46. The first-order valence-electron chi connectivity index (χ1n) is 16.9. The summed E-state index contributed by atoms with van der Waals surface area (Å²) in [7, 11) is 0. The highest BCUT2D eigenvalue weighted by Gasteiger charge is 2.29. The summed E-state index contributed by atoms with van der Waals surface area (Å²) >= 11 is 0. The van der Waals surface area contributed by atoms with Crippen LogP contribution in [-0.4, -0.2) is 12.6 Å². The molecule has 41 heavy (non-hydrogen) atoms. The highest BCUT2D eigenvalue weighted by atomic mass is 14.9. The van der Waals surface area contributed by atoms with Crippen molar-refractivity contribution < 1.29 is 0 Å². The lowest BCUT2D eigenvalue weighted by Gasteiger charge is -2.34. The van der Waals surface area contributed by atoms with Gasteiger partial charge in [-0.25, -0.2) is 0 Å². The van der Waals surface area contributed by atoms with Crippen molar-refractivity contribution in [2.75, 3.05) is 6.54 Å². The van der Waals surface area contributed by atoms with Crippen LogP contribution in [0.1, 0.15) is 104 Å². The highest BCUT2D eigenvalue weighted by molar-refractivity contribution is 5.57. The van der Waals surface area contributed by atoms with Crippen LogP contribution in [0.3, 0.4) is 0 Å². The van der Waals surface area contributed by atoms with E-state index in [-0.39, 0.29) is 0 Å². The molecule has 1 heteroatoms. The Bertz CT molecular complexity index is 1300. The van der Waals surface area contributed by atoms with E-state index in [0.29, 0.717) is 17.9 Å². The molecule has 5 aliphatic carbocycles. The molecular weight excluding hydrogens is 494 g/mol. The van der Waals surface area contributed by atoms with Gasteiger partial charge in [0.05, 0.1) is 0 Å². The fraction of sp³-hybridized carbons (Fsp3) is 0.500. The van der Waals surface area contributed by atoms with E-state index in [2.05, 4.69) is 86.0 Å². The van der Waals surface area contributed by atoms with Gasteiger partial charge in [0, 0.05) is 12.0 Å². The fourth-order valence-electron chi connectivity index (χ4n) is 8.21. The van der Waals surface area contributed by atoms with E-state index in [0.717, 1.165) is 6.42 Å². The lowest BCUT2D eigenvalue weighted by atomic mass is 9.71. The molecule has 1 fully saturated rings. The molecule has 216 valence electrons. The van der Waals surface area contributed by atoms with E-state index >= 15 is 0 Å². The molecule has 0 amide bonds. The minimum atomic E-state index is 0.584. The van der Waals surface area contributed by atoms with Crippen LogP contribution >= 0.6 is 0 Å². The zero-order chi connectivity index (χ0) is 28.0. The molecule has 3 atom stereocenters. The summed E-state index contributed by atoms with van der Waals surface area (Å²) < 4.78 is 0. The number of hydrogen-bond donors (Lipinski definition) is 1. The van der Waals surface area contributed by atoms with E-state index in [1.54, 1.807) is 44.6 Å². The molecule has 0 radical (unpaired) electrons. The first-order valence-corrected chi connectivity index (χ1v) is 16.9. The second kappa shape index (κ2) is 13.6. The van der Waals surface area contributed by atoms with Gasteiger partial charge in [0.15, 0.2) is 0 Å². The van der Waals surface area contributed by atoms with Gasteiger partial charge in [-0.2, -0.15) is 0 Å². The number of nitrogens with one attached hydrogen (secondary N) is 1. The van der Waals surface area contributed by atoms with Gasteiger partial charge in [0.2, 0.25) is 0 Å². The Hall–Kier alpha value is -2.64. The summed E-state index contributed by atoms with van der Waals surface area (Å²) in [4.78, 5) is 0. The molecular formula is C40H51N. The lowest BCUT2D eigenvalue weighted by Crippen LogP contribution is -2.22. The van der Waals surface area contributed by atoms with Crippen LogP contribution in [0.25, 0.3) is 0 Å². The third-order valence-electron chi connectivity index (χ3n) is 10.5. The van der Waals surface area contributed by atoms with E-state index in [9.17, 15) is 0 Å². The molecule has 1 heterocycles. The minimum Gasteiger partial charge on any atom is -0.314 e. The Morgan fingerprint density at radius 1 is 0.951 bits per heavy atom. The topological polar surface area (TPSA) is 12.0 Å². The van der Waals surface area contributed by atoms with Crippen LogP contribution in [0.5, 0.6) is 0 Å². The van der Waals surface area contributed by atoms with Gasteiger partial charge in [-0.3, -0.25) is 0 Å². The summed E-state index contributed by atoms with van der Waals surface area (Å²) in [5, 5.41) is 3.70. The normalized spacial score (nSPS) is 29.0. The van der Waals surface area contributed by atoms with Crippen molar-refractivity contribution in [3.8, 4) is 0 Å². The molecule has 1 N–H and O–H groups in total. The molecule has 0 aromatic rings. The molecule has 6 rings (SSSR count). The quantitative estimate of drug-likeness (QED) is 0.299. The van der Waals surface area contributed by atoms with Crippen molar-refractivity contribution >= 4 is 0 Å². The maximum atomic E-state index is 3.70. The average molecular weight is 546 g/mol. The first kappa shape index (κ1) is 28.5. The predicted molar refractivity (Wildman–Crippen MR) is 177 cm³/mol. The fourth-order valence-corrected chi connectivity index (χ4v) is 8.21. The van der Waals surface area contributed by atoms with Crippen LogP contribution in [0, 0.1) is 11.8 Å². The zero-order valence-corrected chi connectivity index (χ0v) is 25.7. The van der Waals surface area contributed by atoms with Gasteiger partial charge < -0.3 is 5.32 Å². The number of hydrogen-bond acceptors (Lipinski definition) is 1. The Balaban J connectivity index is 1.24.